The normalized spacial score (nSPS) is 30.0. The summed E-state index contributed by atoms with van der Waals surface area (Å²) in [6.07, 6.45) is 6.50. The Labute approximate surface area is 69.9 Å². The fraction of sp³-hybridized carbons (Fsp3) is 0.625. The Hall–Kier alpha value is -0.290. The molecule has 0 aliphatic heterocycles. The number of halogens is 1. The number of allylic oxidation sites excluding steroid dienone is 2. The Balaban J connectivity index is 2.58. The monoisotopic (exact) mass is 199 g/mol. The van der Waals surface area contributed by atoms with Gasteiger partial charge in [0.2, 0.25) is 0 Å². The van der Waals surface area contributed by atoms with Crippen LogP contribution in [0, 0.1) is 11.3 Å². The average molecular weight is 200 g/mol. The Morgan fingerprint density at radius 3 is 3.00 bits per heavy atom. The van der Waals surface area contributed by atoms with Crippen molar-refractivity contribution < 1.29 is 0 Å². The van der Waals surface area contributed by atoms with Gasteiger partial charge in [-0.3, -0.25) is 0 Å². The summed E-state index contributed by atoms with van der Waals surface area (Å²) in [6, 6.07) is 2.08. The van der Waals surface area contributed by atoms with Gasteiger partial charge in [-0.1, -0.05) is 22.4 Å². The van der Waals surface area contributed by atoms with Crippen molar-refractivity contribution in [1.29, 1.82) is 5.26 Å². The molecule has 0 aromatic rings. The van der Waals surface area contributed by atoms with Crippen molar-refractivity contribution in [3.05, 3.63) is 11.6 Å². The molecule has 0 aromatic carbocycles. The van der Waals surface area contributed by atoms with Gasteiger partial charge < -0.3 is 0 Å². The summed E-state index contributed by atoms with van der Waals surface area (Å²) in [6.45, 7) is 0. The molecule has 0 bridgehead atoms. The van der Waals surface area contributed by atoms with E-state index in [0.717, 1.165) is 6.42 Å². The van der Waals surface area contributed by atoms with E-state index in [4.69, 9.17) is 5.26 Å². The first kappa shape index (κ1) is 7.81. The maximum atomic E-state index is 8.39. The van der Waals surface area contributed by atoms with Crippen molar-refractivity contribution in [2.24, 2.45) is 0 Å². The second kappa shape index (κ2) is 3.78. The summed E-state index contributed by atoms with van der Waals surface area (Å²) >= 11 is 3.54. The zero-order chi connectivity index (χ0) is 7.40. The van der Waals surface area contributed by atoms with Crippen molar-refractivity contribution in [3.63, 3.8) is 0 Å². The van der Waals surface area contributed by atoms with E-state index in [1.807, 2.05) is 0 Å². The third-order valence-corrected chi connectivity index (χ3v) is 2.87. The van der Waals surface area contributed by atoms with E-state index in [-0.39, 0.29) is 0 Å². The van der Waals surface area contributed by atoms with Crippen LogP contribution in [0.3, 0.4) is 0 Å². The van der Waals surface area contributed by atoms with Crippen molar-refractivity contribution in [1.82, 2.24) is 0 Å². The minimum absolute atomic E-state index is 0.473. The largest absolute Gasteiger partial charge is 0.193 e. The second-order valence-electron chi connectivity index (χ2n) is 2.56. The number of alkyl halides is 1. The molecule has 1 atom stereocenters. The molecule has 1 rings (SSSR count). The van der Waals surface area contributed by atoms with Crippen molar-refractivity contribution in [2.45, 2.75) is 30.5 Å². The Morgan fingerprint density at radius 2 is 2.40 bits per heavy atom. The number of rotatable bonds is 0. The molecule has 1 aliphatic rings. The average Bonchev–Trinajstić information content (AvgIpc) is 1.94. The van der Waals surface area contributed by atoms with Crippen LogP contribution in [0.2, 0.25) is 0 Å². The Kier molecular flexibility index (Phi) is 2.95. The minimum Gasteiger partial charge on any atom is -0.193 e. The molecule has 54 valence electrons. The Bertz CT molecular complexity index is 178. The lowest BCUT2D eigenvalue weighted by molar-refractivity contribution is 0.614. The smallest absolute Gasteiger partial charge is 0.0911 e. The molecule has 0 amide bonds. The molecular weight excluding hydrogens is 190 g/mol. The van der Waals surface area contributed by atoms with Crippen LogP contribution in [0.25, 0.3) is 0 Å². The maximum Gasteiger partial charge on any atom is 0.0911 e. The van der Waals surface area contributed by atoms with E-state index >= 15 is 0 Å². The second-order valence-corrected chi connectivity index (χ2v) is 3.67. The van der Waals surface area contributed by atoms with E-state index < -0.39 is 0 Å². The molecule has 2 heteroatoms. The van der Waals surface area contributed by atoms with Crippen LogP contribution < -0.4 is 0 Å². The van der Waals surface area contributed by atoms with Crippen LogP contribution in [-0.2, 0) is 0 Å². The number of hydrogen-bond donors (Lipinski definition) is 0. The lowest BCUT2D eigenvalue weighted by Gasteiger charge is -2.18. The standard InChI is InChI=1S/C8H10BrN/c9-8-4-2-1-3-7(8)5-6-10/h5,8H,1-4H2/b7-5+. The quantitative estimate of drug-likeness (QED) is 0.435. The van der Waals surface area contributed by atoms with Gasteiger partial charge in [0.15, 0.2) is 0 Å². The van der Waals surface area contributed by atoms with Crippen LogP contribution in [0.5, 0.6) is 0 Å². The van der Waals surface area contributed by atoms with E-state index in [2.05, 4.69) is 22.0 Å². The maximum absolute atomic E-state index is 8.39. The van der Waals surface area contributed by atoms with Crippen LogP contribution in [0.1, 0.15) is 25.7 Å². The lowest BCUT2D eigenvalue weighted by atomic mass is 9.95. The topological polar surface area (TPSA) is 23.8 Å². The fourth-order valence-electron chi connectivity index (χ4n) is 1.24. The zero-order valence-corrected chi connectivity index (χ0v) is 7.39. The molecule has 1 fully saturated rings. The van der Waals surface area contributed by atoms with E-state index in [9.17, 15) is 0 Å². The highest BCUT2D eigenvalue weighted by Gasteiger charge is 2.14. The van der Waals surface area contributed by atoms with Gasteiger partial charge in [0.05, 0.1) is 6.07 Å². The first-order chi connectivity index (χ1) is 4.84. The van der Waals surface area contributed by atoms with Gasteiger partial charge in [-0.2, -0.15) is 5.26 Å². The molecule has 1 saturated carbocycles. The molecule has 0 aromatic heterocycles. The van der Waals surface area contributed by atoms with Crippen LogP contribution in [-0.4, -0.2) is 4.83 Å². The van der Waals surface area contributed by atoms with Gasteiger partial charge in [-0.15, -0.1) is 0 Å². The highest BCUT2D eigenvalue weighted by molar-refractivity contribution is 9.09. The zero-order valence-electron chi connectivity index (χ0n) is 5.81. The van der Waals surface area contributed by atoms with Gasteiger partial charge in [0.25, 0.3) is 0 Å². The first-order valence-corrected chi connectivity index (χ1v) is 4.49. The lowest BCUT2D eigenvalue weighted by Crippen LogP contribution is -2.07. The molecule has 0 saturated heterocycles. The molecule has 0 heterocycles. The van der Waals surface area contributed by atoms with Gasteiger partial charge in [-0.25, -0.2) is 0 Å². The number of nitrogens with zero attached hydrogens (tertiary/aromatic N) is 1. The predicted molar refractivity (Wildman–Crippen MR) is 44.9 cm³/mol. The SMILES string of the molecule is N#C/C=C1\CCCCC1Br. The molecule has 1 nitrogen and oxygen atoms in total. The number of hydrogen-bond acceptors (Lipinski definition) is 1. The van der Waals surface area contributed by atoms with Crippen molar-refractivity contribution in [3.8, 4) is 6.07 Å². The summed E-state index contributed by atoms with van der Waals surface area (Å²) in [5.74, 6) is 0. The van der Waals surface area contributed by atoms with Crippen molar-refractivity contribution >= 4 is 15.9 Å². The summed E-state index contributed by atoms with van der Waals surface area (Å²) in [4.78, 5) is 0.473. The molecule has 0 radical (unpaired) electrons. The van der Waals surface area contributed by atoms with Crippen LogP contribution >= 0.6 is 15.9 Å². The van der Waals surface area contributed by atoms with Gasteiger partial charge in [0, 0.05) is 10.9 Å². The molecule has 0 N–H and O–H groups in total. The molecule has 10 heavy (non-hydrogen) atoms. The highest BCUT2D eigenvalue weighted by atomic mass is 79.9. The third kappa shape index (κ3) is 1.85. The van der Waals surface area contributed by atoms with Crippen LogP contribution in [0.15, 0.2) is 11.6 Å². The van der Waals surface area contributed by atoms with Gasteiger partial charge >= 0.3 is 0 Å². The summed E-state index contributed by atoms with van der Waals surface area (Å²) in [5, 5.41) is 8.39. The summed E-state index contributed by atoms with van der Waals surface area (Å²) in [7, 11) is 0. The van der Waals surface area contributed by atoms with E-state index in [0.29, 0.717) is 4.83 Å². The molecule has 0 spiro atoms. The minimum atomic E-state index is 0.473. The summed E-state index contributed by atoms with van der Waals surface area (Å²) < 4.78 is 0. The predicted octanol–water partition coefficient (Wildman–Crippen LogP) is 2.77. The third-order valence-electron chi connectivity index (χ3n) is 1.83. The molecule has 1 aliphatic carbocycles. The van der Waals surface area contributed by atoms with Crippen molar-refractivity contribution in [2.75, 3.05) is 0 Å². The highest BCUT2D eigenvalue weighted by Crippen LogP contribution is 2.28. The molecule has 1 unspecified atom stereocenters. The summed E-state index contributed by atoms with van der Waals surface area (Å²) in [5.41, 5.74) is 1.27. The molecular formula is C8H10BrN. The first-order valence-electron chi connectivity index (χ1n) is 3.57. The van der Waals surface area contributed by atoms with E-state index in [1.165, 1.54) is 24.8 Å². The number of nitriles is 1. The van der Waals surface area contributed by atoms with Gasteiger partial charge in [0.1, 0.15) is 0 Å². The van der Waals surface area contributed by atoms with E-state index in [1.54, 1.807) is 6.08 Å². The van der Waals surface area contributed by atoms with Gasteiger partial charge in [-0.05, 0) is 24.8 Å². The van der Waals surface area contributed by atoms with Crippen LogP contribution in [0.4, 0.5) is 0 Å². The Morgan fingerprint density at radius 1 is 1.60 bits per heavy atom. The fourth-order valence-corrected chi connectivity index (χ4v) is 1.93.